The highest BCUT2D eigenvalue weighted by molar-refractivity contribution is 5.86. The maximum atomic E-state index is 13.0. The Kier molecular flexibility index (Phi) is 5.61. The number of methoxy groups -OCH3 is 1. The van der Waals surface area contributed by atoms with Gasteiger partial charge in [-0.05, 0) is 29.8 Å². The van der Waals surface area contributed by atoms with Gasteiger partial charge in [0.15, 0.2) is 11.2 Å². The molecule has 0 aliphatic rings. The Hall–Kier alpha value is -4.73. The number of nitrogens with one attached hydrogen (secondary N) is 1. The van der Waals surface area contributed by atoms with Gasteiger partial charge in [0.1, 0.15) is 5.75 Å². The Balaban J connectivity index is 1.53. The maximum absolute atomic E-state index is 13.0. The predicted octanol–water partition coefficient (Wildman–Crippen LogP) is 2.48. The monoisotopic (exact) mass is 469 g/mol. The molecule has 0 spiro atoms. The average molecular weight is 470 g/mol. The lowest BCUT2D eigenvalue weighted by Crippen LogP contribution is -2.37. The third-order valence-corrected chi connectivity index (χ3v) is 5.81. The van der Waals surface area contributed by atoms with Gasteiger partial charge in [0.25, 0.3) is 5.56 Å². The summed E-state index contributed by atoms with van der Waals surface area (Å²) in [6.45, 7) is 0.374. The first-order chi connectivity index (χ1) is 17.0. The van der Waals surface area contributed by atoms with Crippen LogP contribution in [-0.4, -0.2) is 37.0 Å². The SMILES string of the molecule is COc1ccc2nc(/C=N\Nc3nc4c(c(=O)n(C)c(=O)n4C)n3Cc3ccccc3)ccc2c1. The van der Waals surface area contributed by atoms with Crippen LogP contribution in [0.25, 0.3) is 22.1 Å². The number of ether oxygens (including phenoxy) is 1. The summed E-state index contributed by atoms with van der Waals surface area (Å²) in [5.74, 6) is 1.10. The van der Waals surface area contributed by atoms with Crippen LogP contribution in [0, 0.1) is 0 Å². The number of nitrogens with zero attached hydrogens (tertiary/aromatic N) is 6. The number of hydrazone groups is 1. The zero-order valence-corrected chi connectivity index (χ0v) is 19.5. The summed E-state index contributed by atoms with van der Waals surface area (Å²) < 4.78 is 9.41. The van der Waals surface area contributed by atoms with Crippen molar-refractivity contribution in [3.05, 3.63) is 92.8 Å². The van der Waals surface area contributed by atoms with Gasteiger partial charge in [0, 0.05) is 19.5 Å². The van der Waals surface area contributed by atoms with Crippen molar-refractivity contribution in [2.45, 2.75) is 6.54 Å². The van der Waals surface area contributed by atoms with E-state index in [0.717, 1.165) is 26.8 Å². The van der Waals surface area contributed by atoms with Crippen LogP contribution in [0.2, 0.25) is 0 Å². The van der Waals surface area contributed by atoms with Crippen molar-refractivity contribution in [1.82, 2.24) is 23.7 Å². The van der Waals surface area contributed by atoms with E-state index in [2.05, 4.69) is 20.5 Å². The smallest absolute Gasteiger partial charge is 0.332 e. The zero-order valence-electron chi connectivity index (χ0n) is 19.5. The van der Waals surface area contributed by atoms with E-state index in [1.165, 1.54) is 11.6 Å². The third kappa shape index (κ3) is 4.05. The molecule has 0 radical (unpaired) electrons. The van der Waals surface area contributed by atoms with Gasteiger partial charge >= 0.3 is 5.69 Å². The highest BCUT2D eigenvalue weighted by atomic mass is 16.5. The quantitative estimate of drug-likeness (QED) is 0.302. The van der Waals surface area contributed by atoms with Gasteiger partial charge in [-0.2, -0.15) is 10.1 Å². The molecular formula is C25H23N7O3. The summed E-state index contributed by atoms with van der Waals surface area (Å²) in [6.07, 6.45) is 1.58. The summed E-state index contributed by atoms with van der Waals surface area (Å²) in [5.41, 5.74) is 5.08. The number of benzene rings is 2. The lowest BCUT2D eigenvalue weighted by Gasteiger charge is -2.09. The lowest BCUT2D eigenvalue weighted by molar-refractivity contribution is 0.415. The van der Waals surface area contributed by atoms with Crippen molar-refractivity contribution >= 4 is 34.2 Å². The minimum atomic E-state index is -0.445. The number of aromatic nitrogens is 5. The minimum Gasteiger partial charge on any atom is -0.497 e. The molecule has 0 saturated carbocycles. The van der Waals surface area contributed by atoms with Gasteiger partial charge in [-0.3, -0.25) is 18.5 Å². The highest BCUT2D eigenvalue weighted by Crippen LogP contribution is 2.20. The molecule has 0 bridgehead atoms. The molecule has 0 amide bonds. The van der Waals surface area contributed by atoms with Gasteiger partial charge < -0.3 is 4.74 Å². The molecule has 1 N–H and O–H groups in total. The molecular weight excluding hydrogens is 446 g/mol. The number of anilines is 1. The van der Waals surface area contributed by atoms with Crippen LogP contribution in [0.3, 0.4) is 0 Å². The third-order valence-electron chi connectivity index (χ3n) is 5.81. The van der Waals surface area contributed by atoms with Crippen molar-refractivity contribution in [3.63, 3.8) is 0 Å². The summed E-state index contributed by atoms with van der Waals surface area (Å²) in [7, 11) is 4.67. The van der Waals surface area contributed by atoms with E-state index in [4.69, 9.17) is 4.74 Å². The standard InChI is InChI=1S/C25H23N7O3/c1-30-22-21(23(33)31(2)25(30)34)32(15-16-7-5-4-6-8-16)24(28-22)29-26-14-18-10-9-17-13-19(35-3)11-12-20(17)27-18/h4-14H,15H2,1-3H3,(H,28,29)/b26-14-. The second-order valence-corrected chi connectivity index (χ2v) is 8.05. The molecule has 10 heteroatoms. The normalized spacial score (nSPS) is 11.5. The van der Waals surface area contributed by atoms with Crippen molar-refractivity contribution in [3.8, 4) is 5.75 Å². The molecule has 2 aromatic carbocycles. The first kappa shape index (κ1) is 22.1. The van der Waals surface area contributed by atoms with Gasteiger partial charge in [0.05, 0.1) is 31.1 Å². The summed E-state index contributed by atoms with van der Waals surface area (Å²) in [6, 6.07) is 19.1. The first-order valence-electron chi connectivity index (χ1n) is 10.9. The van der Waals surface area contributed by atoms with E-state index >= 15 is 0 Å². The lowest BCUT2D eigenvalue weighted by atomic mass is 10.2. The van der Waals surface area contributed by atoms with E-state index in [-0.39, 0.29) is 5.65 Å². The number of fused-ring (bicyclic) bond motifs is 2. The molecule has 5 aromatic rings. The van der Waals surface area contributed by atoms with Gasteiger partial charge in [-0.25, -0.2) is 15.2 Å². The fraction of sp³-hybridized carbons (Fsp3) is 0.160. The zero-order chi connectivity index (χ0) is 24.5. The Morgan fingerprint density at radius 3 is 2.57 bits per heavy atom. The fourth-order valence-electron chi connectivity index (χ4n) is 3.93. The number of imidazole rings is 1. The molecule has 0 atom stereocenters. The molecule has 3 aromatic heterocycles. The Bertz CT molecular complexity index is 1700. The molecule has 35 heavy (non-hydrogen) atoms. The molecule has 3 heterocycles. The average Bonchev–Trinajstić information content (AvgIpc) is 3.24. The summed E-state index contributed by atoms with van der Waals surface area (Å²) in [5, 5.41) is 5.27. The van der Waals surface area contributed by atoms with E-state index in [0.29, 0.717) is 23.7 Å². The second kappa shape index (κ2) is 8.90. The van der Waals surface area contributed by atoms with Crippen molar-refractivity contribution in [2.75, 3.05) is 12.5 Å². The first-order valence-corrected chi connectivity index (χ1v) is 10.9. The van der Waals surface area contributed by atoms with E-state index < -0.39 is 11.2 Å². The van der Waals surface area contributed by atoms with Gasteiger partial charge in [-0.1, -0.05) is 36.4 Å². The molecule has 0 aliphatic heterocycles. The number of aryl methyl sites for hydroxylation is 1. The van der Waals surface area contributed by atoms with Crippen LogP contribution in [-0.2, 0) is 20.6 Å². The van der Waals surface area contributed by atoms with E-state index in [9.17, 15) is 9.59 Å². The van der Waals surface area contributed by atoms with Crippen molar-refractivity contribution in [1.29, 1.82) is 0 Å². The second-order valence-electron chi connectivity index (χ2n) is 8.05. The molecule has 0 unspecified atom stereocenters. The van der Waals surface area contributed by atoms with Crippen LogP contribution < -0.4 is 21.4 Å². The van der Waals surface area contributed by atoms with Crippen molar-refractivity contribution < 1.29 is 4.74 Å². The van der Waals surface area contributed by atoms with Crippen LogP contribution in [0.1, 0.15) is 11.3 Å². The van der Waals surface area contributed by atoms with Crippen LogP contribution in [0.4, 0.5) is 5.95 Å². The Morgan fingerprint density at radius 1 is 1.00 bits per heavy atom. The van der Waals surface area contributed by atoms with E-state index in [1.807, 2.05) is 60.7 Å². The molecule has 0 aliphatic carbocycles. The topological polar surface area (TPSA) is 108 Å². The maximum Gasteiger partial charge on any atom is 0.332 e. The number of hydrogen-bond acceptors (Lipinski definition) is 7. The highest BCUT2D eigenvalue weighted by Gasteiger charge is 2.19. The summed E-state index contributed by atoms with van der Waals surface area (Å²) >= 11 is 0. The summed E-state index contributed by atoms with van der Waals surface area (Å²) in [4.78, 5) is 34.6. The van der Waals surface area contributed by atoms with Gasteiger partial charge in [-0.15, -0.1) is 0 Å². The predicted molar refractivity (Wildman–Crippen MR) is 135 cm³/mol. The molecule has 0 fully saturated rings. The van der Waals surface area contributed by atoms with Crippen LogP contribution in [0.15, 0.2) is 75.4 Å². The van der Waals surface area contributed by atoms with Crippen molar-refractivity contribution in [2.24, 2.45) is 19.2 Å². The largest absolute Gasteiger partial charge is 0.497 e. The fourth-order valence-corrected chi connectivity index (χ4v) is 3.93. The van der Waals surface area contributed by atoms with Crippen LogP contribution >= 0.6 is 0 Å². The van der Waals surface area contributed by atoms with Gasteiger partial charge in [0.2, 0.25) is 5.95 Å². The Morgan fingerprint density at radius 2 is 1.80 bits per heavy atom. The number of hydrogen-bond donors (Lipinski definition) is 1. The van der Waals surface area contributed by atoms with Crippen LogP contribution in [0.5, 0.6) is 5.75 Å². The number of rotatable bonds is 6. The number of pyridine rings is 1. The molecule has 0 saturated heterocycles. The van der Waals surface area contributed by atoms with E-state index in [1.54, 1.807) is 24.9 Å². The minimum absolute atomic E-state index is 0.282. The molecule has 10 nitrogen and oxygen atoms in total. The Labute approximate surface area is 199 Å². The molecule has 5 rings (SSSR count). The molecule has 176 valence electrons.